The van der Waals surface area contributed by atoms with Crippen LogP contribution in [0.5, 0.6) is 0 Å². The third-order valence-corrected chi connectivity index (χ3v) is 3.85. The Morgan fingerprint density at radius 3 is 2.76 bits per heavy atom. The van der Waals surface area contributed by atoms with E-state index in [0.29, 0.717) is 6.54 Å². The maximum atomic E-state index is 5.70. The van der Waals surface area contributed by atoms with Gasteiger partial charge in [0.05, 0.1) is 0 Å². The van der Waals surface area contributed by atoms with E-state index < -0.39 is 0 Å². The first-order valence-corrected chi connectivity index (χ1v) is 7.27. The number of benzene rings is 1. The molecule has 1 aliphatic rings. The van der Waals surface area contributed by atoms with Gasteiger partial charge in [-0.05, 0) is 62.4 Å². The SMILES string of the molecule is CCN(CC1CC1)c1ccc(Br)cc1CCN. The van der Waals surface area contributed by atoms with Crippen LogP contribution in [0.1, 0.15) is 25.3 Å². The number of hydrogen-bond donors (Lipinski definition) is 1. The Labute approximate surface area is 112 Å². The molecule has 0 atom stereocenters. The van der Waals surface area contributed by atoms with Gasteiger partial charge >= 0.3 is 0 Å². The van der Waals surface area contributed by atoms with Crippen molar-refractivity contribution in [2.75, 3.05) is 24.5 Å². The summed E-state index contributed by atoms with van der Waals surface area (Å²) in [5.74, 6) is 0.921. The zero-order valence-electron chi connectivity index (χ0n) is 10.5. The Hall–Kier alpha value is -0.540. The molecule has 1 aromatic rings. The van der Waals surface area contributed by atoms with E-state index in [4.69, 9.17) is 5.73 Å². The number of halogens is 1. The van der Waals surface area contributed by atoms with Crippen molar-refractivity contribution >= 4 is 21.6 Å². The topological polar surface area (TPSA) is 29.3 Å². The zero-order valence-corrected chi connectivity index (χ0v) is 12.0. The largest absolute Gasteiger partial charge is 0.371 e. The maximum Gasteiger partial charge on any atom is 0.0400 e. The molecule has 1 aromatic carbocycles. The summed E-state index contributed by atoms with van der Waals surface area (Å²) < 4.78 is 1.15. The molecule has 2 nitrogen and oxygen atoms in total. The molecule has 0 aliphatic heterocycles. The second-order valence-electron chi connectivity index (χ2n) is 4.79. The molecule has 94 valence electrons. The average Bonchev–Trinajstić information content (AvgIpc) is 3.11. The summed E-state index contributed by atoms with van der Waals surface area (Å²) in [5.41, 5.74) is 8.43. The van der Waals surface area contributed by atoms with E-state index in [1.807, 2.05) is 0 Å². The van der Waals surface area contributed by atoms with Gasteiger partial charge in [-0.2, -0.15) is 0 Å². The van der Waals surface area contributed by atoms with Gasteiger partial charge in [0.2, 0.25) is 0 Å². The minimum atomic E-state index is 0.713. The van der Waals surface area contributed by atoms with E-state index in [9.17, 15) is 0 Å². The third-order valence-electron chi connectivity index (χ3n) is 3.35. The summed E-state index contributed by atoms with van der Waals surface area (Å²) in [6.45, 7) is 5.23. The van der Waals surface area contributed by atoms with Crippen molar-refractivity contribution in [3.8, 4) is 0 Å². The molecule has 0 radical (unpaired) electrons. The Morgan fingerprint density at radius 1 is 1.41 bits per heavy atom. The fourth-order valence-corrected chi connectivity index (χ4v) is 2.64. The van der Waals surface area contributed by atoms with Gasteiger partial charge in [-0.15, -0.1) is 0 Å². The summed E-state index contributed by atoms with van der Waals surface area (Å²) in [5, 5.41) is 0. The van der Waals surface area contributed by atoms with Crippen LogP contribution in [0.25, 0.3) is 0 Å². The standard InChI is InChI=1S/C14H21BrN2/c1-2-17(10-11-3-4-11)14-6-5-13(15)9-12(14)7-8-16/h5-6,9,11H,2-4,7-8,10,16H2,1H3. The lowest BCUT2D eigenvalue weighted by Crippen LogP contribution is -2.26. The molecule has 0 bridgehead atoms. The molecular formula is C14H21BrN2. The quantitative estimate of drug-likeness (QED) is 0.874. The molecule has 0 spiro atoms. The van der Waals surface area contributed by atoms with E-state index in [1.54, 1.807) is 0 Å². The first-order valence-electron chi connectivity index (χ1n) is 6.48. The predicted molar refractivity (Wildman–Crippen MR) is 77.5 cm³/mol. The normalized spacial score (nSPS) is 15.0. The fourth-order valence-electron chi connectivity index (χ4n) is 2.23. The number of nitrogens with zero attached hydrogens (tertiary/aromatic N) is 1. The molecule has 1 saturated carbocycles. The van der Waals surface area contributed by atoms with Crippen LogP contribution in [-0.4, -0.2) is 19.6 Å². The second kappa shape index (κ2) is 5.87. The highest BCUT2D eigenvalue weighted by Crippen LogP contribution is 2.33. The predicted octanol–water partition coefficient (Wildman–Crippen LogP) is 3.19. The van der Waals surface area contributed by atoms with E-state index in [0.717, 1.165) is 23.4 Å². The van der Waals surface area contributed by atoms with Gasteiger partial charge in [-0.1, -0.05) is 15.9 Å². The Balaban J connectivity index is 2.20. The van der Waals surface area contributed by atoms with Crippen LogP contribution in [-0.2, 0) is 6.42 Å². The molecule has 0 amide bonds. The first kappa shape index (κ1) is 12.9. The lowest BCUT2D eigenvalue weighted by Gasteiger charge is -2.26. The molecule has 3 heteroatoms. The number of hydrogen-bond acceptors (Lipinski definition) is 2. The van der Waals surface area contributed by atoms with Crippen molar-refractivity contribution in [1.29, 1.82) is 0 Å². The highest BCUT2D eigenvalue weighted by atomic mass is 79.9. The smallest absolute Gasteiger partial charge is 0.0400 e. The van der Waals surface area contributed by atoms with Gasteiger partial charge < -0.3 is 10.6 Å². The summed E-state index contributed by atoms with van der Waals surface area (Å²) >= 11 is 3.54. The fraction of sp³-hybridized carbons (Fsp3) is 0.571. The van der Waals surface area contributed by atoms with E-state index in [1.165, 1.54) is 30.6 Å². The van der Waals surface area contributed by atoms with Gasteiger partial charge in [0.25, 0.3) is 0 Å². The van der Waals surface area contributed by atoms with Gasteiger partial charge in [0.1, 0.15) is 0 Å². The maximum absolute atomic E-state index is 5.70. The summed E-state index contributed by atoms with van der Waals surface area (Å²) in [7, 11) is 0. The highest BCUT2D eigenvalue weighted by Gasteiger charge is 2.24. The summed E-state index contributed by atoms with van der Waals surface area (Å²) in [4.78, 5) is 2.50. The molecule has 0 heterocycles. The highest BCUT2D eigenvalue weighted by molar-refractivity contribution is 9.10. The molecule has 1 fully saturated rings. The lowest BCUT2D eigenvalue weighted by atomic mass is 10.1. The van der Waals surface area contributed by atoms with Crippen molar-refractivity contribution in [2.24, 2.45) is 11.7 Å². The minimum absolute atomic E-state index is 0.713. The molecule has 0 unspecified atom stereocenters. The van der Waals surface area contributed by atoms with Gasteiger partial charge in [-0.3, -0.25) is 0 Å². The Kier molecular flexibility index (Phi) is 4.46. The first-order chi connectivity index (χ1) is 8.24. The molecule has 1 aliphatic carbocycles. The summed E-state index contributed by atoms with van der Waals surface area (Å²) in [6.07, 6.45) is 3.76. The zero-order chi connectivity index (χ0) is 12.3. The molecule has 2 rings (SSSR count). The van der Waals surface area contributed by atoms with Crippen LogP contribution in [0.3, 0.4) is 0 Å². The molecule has 17 heavy (non-hydrogen) atoms. The van der Waals surface area contributed by atoms with Crippen molar-refractivity contribution in [3.05, 3.63) is 28.2 Å². The van der Waals surface area contributed by atoms with Crippen molar-refractivity contribution < 1.29 is 0 Å². The lowest BCUT2D eigenvalue weighted by molar-refractivity contribution is 0.736. The van der Waals surface area contributed by atoms with Gasteiger partial charge in [0.15, 0.2) is 0 Å². The van der Waals surface area contributed by atoms with Crippen LogP contribution in [0, 0.1) is 5.92 Å². The molecular weight excluding hydrogens is 276 g/mol. The van der Waals surface area contributed by atoms with Crippen molar-refractivity contribution in [3.63, 3.8) is 0 Å². The molecule has 0 aromatic heterocycles. The molecule has 0 saturated heterocycles. The second-order valence-corrected chi connectivity index (χ2v) is 5.71. The van der Waals surface area contributed by atoms with Crippen LogP contribution in [0.2, 0.25) is 0 Å². The van der Waals surface area contributed by atoms with Crippen molar-refractivity contribution in [2.45, 2.75) is 26.2 Å². The monoisotopic (exact) mass is 296 g/mol. The van der Waals surface area contributed by atoms with Crippen LogP contribution >= 0.6 is 15.9 Å². The van der Waals surface area contributed by atoms with Crippen molar-refractivity contribution in [1.82, 2.24) is 0 Å². The van der Waals surface area contributed by atoms with Crippen LogP contribution in [0.15, 0.2) is 22.7 Å². The van der Waals surface area contributed by atoms with E-state index >= 15 is 0 Å². The van der Waals surface area contributed by atoms with Gasteiger partial charge in [0, 0.05) is 23.2 Å². The third kappa shape index (κ3) is 3.46. The van der Waals surface area contributed by atoms with E-state index in [-0.39, 0.29) is 0 Å². The van der Waals surface area contributed by atoms with Crippen LogP contribution < -0.4 is 10.6 Å². The summed E-state index contributed by atoms with van der Waals surface area (Å²) in [6, 6.07) is 6.56. The Bertz CT molecular complexity index is 374. The number of rotatable bonds is 6. The van der Waals surface area contributed by atoms with Crippen LogP contribution in [0.4, 0.5) is 5.69 Å². The Morgan fingerprint density at radius 2 is 2.18 bits per heavy atom. The minimum Gasteiger partial charge on any atom is -0.371 e. The average molecular weight is 297 g/mol. The molecule has 2 N–H and O–H groups in total. The number of anilines is 1. The van der Waals surface area contributed by atoms with E-state index in [2.05, 4.69) is 46.0 Å². The van der Waals surface area contributed by atoms with Gasteiger partial charge in [-0.25, -0.2) is 0 Å². The number of nitrogens with two attached hydrogens (primary N) is 1.